The number of carboxylic acid groups (broad SMARTS) is 1. The van der Waals surface area contributed by atoms with Gasteiger partial charge in [-0.15, -0.1) is 0 Å². The Hall–Kier alpha value is -2.82. The lowest BCUT2D eigenvalue weighted by Crippen LogP contribution is -2.33. The van der Waals surface area contributed by atoms with Crippen molar-refractivity contribution in [3.8, 4) is 11.3 Å². The second-order valence-electron chi connectivity index (χ2n) is 5.08. The molecule has 102 valence electrons. The van der Waals surface area contributed by atoms with Crippen LogP contribution < -0.4 is 5.11 Å². The number of aromatic nitrogens is 2. The van der Waals surface area contributed by atoms with Crippen molar-refractivity contribution < 1.29 is 14.7 Å². The zero-order chi connectivity index (χ0) is 14.6. The number of hydrogen-bond acceptors (Lipinski definition) is 5. The number of nitrogens with zero attached hydrogens (tertiary/aromatic N) is 2. The summed E-state index contributed by atoms with van der Waals surface area (Å²) in [5.41, 5.74) is 3.34. The number of rotatable bonds is 1. The second-order valence-corrected chi connectivity index (χ2v) is 5.08. The van der Waals surface area contributed by atoms with Crippen LogP contribution in [-0.4, -0.2) is 21.7 Å². The van der Waals surface area contributed by atoms with Crippen molar-refractivity contribution in [3.05, 3.63) is 53.5 Å². The van der Waals surface area contributed by atoms with Gasteiger partial charge >= 0.3 is 0 Å². The molecule has 1 aromatic carbocycles. The third-order valence-corrected chi connectivity index (χ3v) is 3.99. The van der Waals surface area contributed by atoms with Crippen LogP contribution in [0.2, 0.25) is 0 Å². The number of allylic oxidation sites excluding steroid dienone is 2. The molecule has 1 atom stereocenters. The number of ketones is 1. The molecule has 1 heterocycles. The van der Waals surface area contributed by atoms with E-state index >= 15 is 0 Å². The van der Waals surface area contributed by atoms with Crippen molar-refractivity contribution in [2.24, 2.45) is 0 Å². The summed E-state index contributed by atoms with van der Waals surface area (Å²) in [5, 5.41) is 11.3. The largest absolute Gasteiger partial charge is 0.549 e. The molecule has 0 spiro atoms. The molecule has 21 heavy (non-hydrogen) atoms. The summed E-state index contributed by atoms with van der Waals surface area (Å²) in [4.78, 5) is 32.2. The number of Topliss-reactive ketones (excluding diaryl/α,β-unsaturated/α-hetero) is 1. The van der Waals surface area contributed by atoms with Crippen LogP contribution in [0.4, 0.5) is 0 Å². The van der Waals surface area contributed by atoms with E-state index in [1.807, 2.05) is 12.1 Å². The van der Waals surface area contributed by atoms with Gasteiger partial charge in [0.1, 0.15) is 6.33 Å². The molecule has 1 aromatic heterocycles. The Bertz CT molecular complexity index is 839. The lowest BCUT2D eigenvalue weighted by molar-refractivity contribution is -0.308. The summed E-state index contributed by atoms with van der Waals surface area (Å²) in [6.07, 6.45) is 3.22. The Morgan fingerprint density at radius 1 is 1.19 bits per heavy atom. The normalized spacial score (nSPS) is 18.6. The number of fused-ring (bicyclic) bond motifs is 2. The van der Waals surface area contributed by atoms with Gasteiger partial charge in [0.15, 0.2) is 5.78 Å². The van der Waals surface area contributed by atoms with Gasteiger partial charge in [0.05, 0.1) is 17.4 Å². The molecular weight excluding hydrogens is 268 g/mol. The number of carbonyl (C=O) groups is 2. The molecule has 0 N–H and O–H groups in total. The molecule has 4 rings (SSSR count). The third kappa shape index (κ3) is 1.51. The van der Waals surface area contributed by atoms with Crippen molar-refractivity contribution in [1.82, 2.24) is 9.97 Å². The summed E-state index contributed by atoms with van der Waals surface area (Å²) in [6.45, 7) is 0. The second kappa shape index (κ2) is 4.09. The Labute approximate surface area is 120 Å². The number of carboxylic acids is 1. The predicted molar refractivity (Wildman–Crippen MR) is 72.1 cm³/mol. The minimum absolute atomic E-state index is 0.106. The maximum Gasteiger partial charge on any atom is 0.194 e. The smallest absolute Gasteiger partial charge is 0.194 e. The summed E-state index contributed by atoms with van der Waals surface area (Å²) < 4.78 is 0. The van der Waals surface area contributed by atoms with Gasteiger partial charge in [-0.2, -0.15) is 0 Å². The van der Waals surface area contributed by atoms with Gasteiger partial charge in [0.25, 0.3) is 0 Å². The average Bonchev–Trinajstić information content (AvgIpc) is 2.51. The first-order chi connectivity index (χ1) is 10.2. The first-order valence-corrected chi connectivity index (χ1v) is 6.59. The van der Waals surface area contributed by atoms with Crippen LogP contribution in [0.1, 0.15) is 34.0 Å². The highest BCUT2D eigenvalue weighted by molar-refractivity contribution is 6.34. The van der Waals surface area contributed by atoms with Crippen LogP contribution >= 0.6 is 0 Å². The fraction of sp³-hybridized carbons (Fsp3) is 0.125. The quantitative estimate of drug-likeness (QED) is 0.775. The van der Waals surface area contributed by atoms with Gasteiger partial charge < -0.3 is 9.90 Å². The molecule has 0 amide bonds. The molecule has 5 heteroatoms. The van der Waals surface area contributed by atoms with E-state index in [2.05, 4.69) is 9.97 Å². The Morgan fingerprint density at radius 2 is 1.95 bits per heavy atom. The van der Waals surface area contributed by atoms with Gasteiger partial charge in [-0.1, -0.05) is 30.3 Å². The lowest BCUT2D eigenvalue weighted by atomic mass is 9.77. The number of aliphatic carboxylic acids is 1. The molecule has 1 unspecified atom stereocenters. The SMILES string of the molecule is O=C1C2=CCC(C(=O)[O-])c3ncnc(c32)-c2ccccc21. The fourth-order valence-electron chi connectivity index (χ4n) is 3.03. The highest BCUT2D eigenvalue weighted by Gasteiger charge is 2.35. The van der Waals surface area contributed by atoms with Crippen molar-refractivity contribution in [2.45, 2.75) is 12.3 Å². The molecule has 0 saturated heterocycles. The van der Waals surface area contributed by atoms with Gasteiger partial charge in [-0.05, 0) is 6.42 Å². The standard InChI is InChI=1S/C16H10N2O3/c19-15-9-4-2-1-3-8(9)13-12-10(15)5-6-11(16(20)21)14(12)18-7-17-13/h1-5,7,11H,6H2,(H,20,21)/p-1. The number of benzene rings is 1. The maximum atomic E-state index is 12.6. The minimum atomic E-state index is -1.18. The van der Waals surface area contributed by atoms with Crippen molar-refractivity contribution in [3.63, 3.8) is 0 Å². The zero-order valence-electron chi connectivity index (χ0n) is 10.9. The summed E-state index contributed by atoms with van der Waals surface area (Å²) >= 11 is 0. The zero-order valence-corrected chi connectivity index (χ0v) is 10.9. The Balaban J connectivity index is 2.08. The Kier molecular flexibility index (Phi) is 2.33. The lowest BCUT2D eigenvalue weighted by Gasteiger charge is -2.29. The van der Waals surface area contributed by atoms with Crippen LogP contribution in [-0.2, 0) is 4.79 Å². The highest BCUT2D eigenvalue weighted by Crippen LogP contribution is 2.44. The average molecular weight is 277 g/mol. The molecule has 0 radical (unpaired) electrons. The molecule has 2 aliphatic rings. The molecule has 0 saturated carbocycles. The van der Waals surface area contributed by atoms with Crippen molar-refractivity contribution in [2.75, 3.05) is 0 Å². The van der Waals surface area contributed by atoms with Crippen LogP contribution in [0.5, 0.6) is 0 Å². The van der Waals surface area contributed by atoms with Crippen molar-refractivity contribution in [1.29, 1.82) is 0 Å². The molecular formula is C16H9N2O3-. The van der Waals surface area contributed by atoms with Crippen LogP contribution in [0.25, 0.3) is 16.8 Å². The van der Waals surface area contributed by atoms with Gasteiger partial charge in [-0.3, -0.25) is 4.79 Å². The molecule has 2 aliphatic carbocycles. The van der Waals surface area contributed by atoms with E-state index < -0.39 is 11.9 Å². The van der Waals surface area contributed by atoms with Gasteiger partial charge in [0.2, 0.25) is 0 Å². The first-order valence-electron chi connectivity index (χ1n) is 6.59. The molecule has 0 aliphatic heterocycles. The van der Waals surface area contributed by atoms with E-state index in [0.29, 0.717) is 28.1 Å². The number of carbonyl (C=O) groups excluding carboxylic acids is 2. The monoisotopic (exact) mass is 277 g/mol. The van der Waals surface area contributed by atoms with E-state index in [-0.39, 0.29) is 12.2 Å². The summed E-state index contributed by atoms with van der Waals surface area (Å²) in [6, 6.07) is 7.20. The number of hydrogen-bond donors (Lipinski definition) is 0. The van der Waals surface area contributed by atoms with E-state index in [0.717, 1.165) is 5.56 Å². The summed E-state index contributed by atoms with van der Waals surface area (Å²) in [5.74, 6) is -2.12. The van der Waals surface area contributed by atoms with E-state index in [1.165, 1.54) is 6.33 Å². The van der Waals surface area contributed by atoms with Crippen LogP contribution in [0.15, 0.2) is 36.7 Å². The van der Waals surface area contributed by atoms with Crippen molar-refractivity contribution >= 4 is 17.3 Å². The van der Waals surface area contributed by atoms with Gasteiger partial charge in [-0.25, -0.2) is 9.97 Å². The summed E-state index contributed by atoms with van der Waals surface area (Å²) in [7, 11) is 0. The predicted octanol–water partition coefficient (Wildman–Crippen LogP) is 0.960. The van der Waals surface area contributed by atoms with E-state index in [4.69, 9.17) is 0 Å². The Morgan fingerprint density at radius 3 is 2.71 bits per heavy atom. The molecule has 0 fully saturated rings. The van der Waals surface area contributed by atoms with E-state index in [9.17, 15) is 14.7 Å². The minimum Gasteiger partial charge on any atom is -0.549 e. The maximum absolute atomic E-state index is 12.6. The highest BCUT2D eigenvalue weighted by atomic mass is 16.4. The van der Waals surface area contributed by atoms with Gasteiger partial charge in [0, 0.05) is 28.2 Å². The topological polar surface area (TPSA) is 83.0 Å². The van der Waals surface area contributed by atoms with E-state index in [1.54, 1.807) is 18.2 Å². The fourth-order valence-corrected chi connectivity index (χ4v) is 3.03. The van der Waals surface area contributed by atoms with Crippen LogP contribution in [0, 0.1) is 0 Å². The molecule has 2 aromatic rings. The first kappa shape index (κ1) is 12.0. The van der Waals surface area contributed by atoms with Crippen LogP contribution in [0.3, 0.4) is 0 Å². The molecule has 5 nitrogen and oxygen atoms in total. The third-order valence-electron chi connectivity index (χ3n) is 3.99. The molecule has 0 bridgehead atoms.